The van der Waals surface area contributed by atoms with Crippen LogP contribution in [-0.4, -0.2) is 19.4 Å². The average Bonchev–Trinajstić information content (AvgIpc) is 2.70. The summed E-state index contributed by atoms with van der Waals surface area (Å²) in [4.78, 5) is 12.3. The number of hydrogen-bond donors (Lipinski definition) is 3. The van der Waals surface area contributed by atoms with Gasteiger partial charge in [0, 0.05) is 16.3 Å². The Morgan fingerprint density at radius 3 is 2.32 bits per heavy atom. The number of nitrogens with one attached hydrogen (secondary N) is 3. The lowest BCUT2D eigenvalue weighted by Gasteiger charge is -2.13. The number of anilines is 2. The lowest BCUT2D eigenvalue weighted by atomic mass is 10.1. The zero-order valence-corrected chi connectivity index (χ0v) is 19.2. The summed E-state index contributed by atoms with van der Waals surface area (Å²) in [5, 5.41) is 5.92. The minimum Gasteiger partial charge on any atom is -0.332 e. The molecule has 0 saturated carbocycles. The van der Waals surface area contributed by atoms with Crippen LogP contribution in [0.1, 0.15) is 21.5 Å². The van der Waals surface area contributed by atoms with Gasteiger partial charge in [-0.1, -0.05) is 35.4 Å². The number of halogens is 1. The second kappa shape index (κ2) is 9.47. The molecule has 0 atom stereocenters. The highest BCUT2D eigenvalue weighted by molar-refractivity contribution is 7.92. The summed E-state index contributed by atoms with van der Waals surface area (Å²) in [5.41, 5.74) is 3.31. The van der Waals surface area contributed by atoms with E-state index in [1.54, 1.807) is 36.4 Å². The molecular formula is C22H20ClN3O3S2. The van der Waals surface area contributed by atoms with Crippen molar-refractivity contribution in [2.24, 2.45) is 0 Å². The molecule has 0 aromatic heterocycles. The molecule has 0 unspecified atom stereocenters. The first-order chi connectivity index (χ1) is 14.6. The number of benzene rings is 3. The van der Waals surface area contributed by atoms with Crippen LogP contribution in [0.15, 0.2) is 71.6 Å². The van der Waals surface area contributed by atoms with E-state index in [-0.39, 0.29) is 10.0 Å². The Labute approximate surface area is 191 Å². The second-order valence-electron chi connectivity index (χ2n) is 6.87. The van der Waals surface area contributed by atoms with Gasteiger partial charge in [0.1, 0.15) is 0 Å². The summed E-state index contributed by atoms with van der Waals surface area (Å²) in [5.74, 6) is -0.406. The standard InChI is InChI=1S/C22H20ClN3O3S2/c1-14-6-11-20(15(2)12-14)26-31(28,29)19-9-7-18(8-10-19)24-22(30)25-21(27)16-4-3-5-17(23)13-16/h3-13,26H,1-2H3,(H2,24,25,27,30). The van der Waals surface area contributed by atoms with Gasteiger partial charge in [-0.3, -0.25) is 14.8 Å². The van der Waals surface area contributed by atoms with Crippen molar-refractivity contribution in [1.29, 1.82) is 0 Å². The molecule has 160 valence electrons. The largest absolute Gasteiger partial charge is 0.332 e. The maximum absolute atomic E-state index is 12.7. The van der Waals surface area contributed by atoms with Crippen LogP contribution in [0.3, 0.4) is 0 Å². The molecule has 0 aliphatic heterocycles. The van der Waals surface area contributed by atoms with Gasteiger partial charge in [0.25, 0.3) is 15.9 Å². The molecule has 0 saturated heterocycles. The minimum absolute atomic E-state index is 0.0778. The molecule has 3 aromatic rings. The lowest BCUT2D eigenvalue weighted by molar-refractivity contribution is 0.0977. The average molecular weight is 474 g/mol. The van der Waals surface area contributed by atoms with E-state index in [9.17, 15) is 13.2 Å². The molecule has 6 nitrogen and oxygen atoms in total. The Morgan fingerprint density at radius 2 is 1.68 bits per heavy atom. The first-order valence-corrected chi connectivity index (χ1v) is 11.5. The Hall–Kier alpha value is -2.94. The molecule has 0 aliphatic rings. The van der Waals surface area contributed by atoms with E-state index in [1.807, 2.05) is 26.0 Å². The third-order valence-electron chi connectivity index (χ3n) is 4.36. The predicted octanol–water partition coefficient (Wildman–Crippen LogP) is 4.88. The van der Waals surface area contributed by atoms with Gasteiger partial charge in [-0.2, -0.15) is 0 Å². The van der Waals surface area contributed by atoms with E-state index >= 15 is 0 Å². The van der Waals surface area contributed by atoms with E-state index in [0.717, 1.165) is 11.1 Å². The van der Waals surface area contributed by atoms with Crippen molar-refractivity contribution in [3.05, 3.63) is 88.4 Å². The smallest absolute Gasteiger partial charge is 0.261 e. The first kappa shape index (κ1) is 22.7. The molecule has 9 heteroatoms. The number of amides is 1. The molecule has 0 fully saturated rings. The van der Waals surface area contributed by atoms with Crippen molar-refractivity contribution < 1.29 is 13.2 Å². The van der Waals surface area contributed by atoms with Crippen molar-refractivity contribution in [1.82, 2.24) is 5.32 Å². The molecule has 1 amide bonds. The van der Waals surface area contributed by atoms with E-state index < -0.39 is 15.9 Å². The Balaban J connectivity index is 1.65. The van der Waals surface area contributed by atoms with Crippen LogP contribution in [-0.2, 0) is 10.0 Å². The predicted molar refractivity (Wildman–Crippen MR) is 128 cm³/mol. The Morgan fingerprint density at radius 1 is 0.968 bits per heavy atom. The van der Waals surface area contributed by atoms with Crippen molar-refractivity contribution in [2.75, 3.05) is 10.0 Å². The van der Waals surface area contributed by atoms with Gasteiger partial charge in [-0.05, 0) is 80.2 Å². The van der Waals surface area contributed by atoms with Gasteiger partial charge < -0.3 is 5.32 Å². The van der Waals surface area contributed by atoms with Crippen molar-refractivity contribution >= 4 is 56.2 Å². The summed E-state index contributed by atoms with van der Waals surface area (Å²) in [6.45, 7) is 3.79. The van der Waals surface area contributed by atoms with Crippen molar-refractivity contribution in [3.63, 3.8) is 0 Å². The highest BCUT2D eigenvalue weighted by Gasteiger charge is 2.15. The molecule has 3 rings (SSSR count). The van der Waals surface area contributed by atoms with Crippen LogP contribution < -0.4 is 15.4 Å². The fraction of sp³-hybridized carbons (Fsp3) is 0.0909. The summed E-state index contributed by atoms with van der Waals surface area (Å²) in [7, 11) is -3.75. The van der Waals surface area contributed by atoms with Gasteiger partial charge >= 0.3 is 0 Å². The number of sulfonamides is 1. The zero-order valence-electron chi connectivity index (χ0n) is 16.8. The van der Waals surface area contributed by atoms with Crippen molar-refractivity contribution in [3.8, 4) is 0 Å². The van der Waals surface area contributed by atoms with Gasteiger partial charge in [0.15, 0.2) is 5.11 Å². The summed E-state index contributed by atoms with van der Waals surface area (Å²) < 4.78 is 28.0. The molecular weight excluding hydrogens is 454 g/mol. The van der Waals surface area contributed by atoms with Crippen LogP contribution in [0.5, 0.6) is 0 Å². The SMILES string of the molecule is Cc1ccc(NS(=O)(=O)c2ccc(NC(=S)NC(=O)c3cccc(Cl)c3)cc2)c(C)c1. The number of hydrogen-bond acceptors (Lipinski definition) is 4. The molecule has 0 radical (unpaired) electrons. The monoisotopic (exact) mass is 473 g/mol. The molecule has 3 aromatic carbocycles. The van der Waals surface area contributed by atoms with Crippen LogP contribution in [0, 0.1) is 13.8 Å². The fourth-order valence-corrected chi connectivity index (χ4v) is 4.35. The van der Waals surface area contributed by atoms with Crippen LogP contribution in [0.4, 0.5) is 11.4 Å². The summed E-state index contributed by atoms with van der Waals surface area (Å²) in [6.07, 6.45) is 0. The molecule has 0 spiro atoms. The third-order valence-corrected chi connectivity index (χ3v) is 6.18. The minimum atomic E-state index is -3.75. The third kappa shape index (κ3) is 6.04. The first-order valence-electron chi connectivity index (χ1n) is 9.22. The molecule has 0 bridgehead atoms. The lowest BCUT2D eigenvalue weighted by Crippen LogP contribution is -2.34. The number of rotatable bonds is 5. The van der Waals surface area contributed by atoms with E-state index in [2.05, 4.69) is 15.4 Å². The summed E-state index contributed by atoms with van der Waals surface area (Å²) in [6, 6.07) is 18.0. The zero-order chi connectivity index (χ0) is 22.6. The molecule has 3 N–H and O–H groups in total. The van der Waals surface area contributed by atoms with Crippen molar-refractivity contribution in [2.45, 2.75) is 18.7 Å². The maximum Gasteiger partial charge on any atom is 0.261 e. The highest BCUT2D eigenvalue weighted by Crippen LogP contribution is 2.22. The molecule has 0 aliphatic carbocycles. The number of thiocarbonyl (C=S) groups is 1. The highest BCUT2D eigenvalue weighted by atomic mass is 35.5. The van der Waals surface area contributed by atoms with Gasteiger partial charge in [-0.15, -0.1) is 0 Å². The van der Waals surface area contributed by atoms with Gasteiger partial charge in [-0.25, -0.2) is 8.42 Å². The number of carbonyl (C=O) groups is 1. The molecule has 0 heterocycles. The normalized spacial score (nSPS) is 10.9. The van der Waals surface area contributed by atoms with Crippen LogP contribution >= 0.6 is 23.8 Å². The number of carbonyl (C=O) groups excluding carboxylic acids is 1. The van der Waals surface area contributed by atoms with Gasteiger partial charge in [0.2, 0.25) is 0 Å². The van der Waals surface area contributed by atoms with Gasteiger partial charge in [0.05, 0.1) is 10.6 Å². The fourth-order valence-electron chi connectivity index (χ4n) is 2.82. The number of aryl methyl sites for hydroxylation is 2. The summed E-state index contributed by atoms with van der Waals surface area (Å²) >= 11 is 11.0. The maximum atomic E-state index is 12.7. The van der Waals surface area contributed by atoms with Crippen LogP contribution in [0.25, 0.3) is 0 Å². The second-order valence-corrected chi connectivity index (χ2v) is 9.39. The quantitative estimate of drug-likeness (QED) is 0.459. The van der Waals surface area contributed by atoms with Crippen LogP contribution in [0.2, 0.25) is 5.02 Å². The molecule has 31 heavy (non-hydrogen) atoms. The van der Waals surface area contributed by atoms with E-state index in [1.165, 1.54) is 18.2 Å². The van der Waals surface area contributed by atoms with E-state index in [0.29, 0.717) is 22.0 Å². The van der Waals surface area contributed by atoms with E-state index in [4.69, 9.17) is 23.8 Å². The Kier molecular flexibility index (Phi) is 6.94. The Bertz CT molecular complexity index is 1240. The topological polar surface area (TPSA) is 87.3 Å².